The van der Waals surface area contributed by atoms with E-state index in [-0.39, 0.29) is 5.38 Å². The van der Waals surface area contributed by atoms with Gasteiger partial charge in [-0.3, -0.25) is 0 Å². The third-order valence-electron chi connectivity index (χ3n) is 3.73. The topological polar surface area (TPSA) is 52.8 Å². The van der Waals surface area contributed by atoms with E-state index in [9.17, 15) is 0 Å². The molecular formula is C13H17ClN4O. The molecule has 0 aliphatic heterocycles. The minimum Gasteiger partial charge on any atom is -0.479 e. The molecule has 1 saturated carbocycles. The molecule has 1 aliphatic rings. The summed E-state index contributed by atoms with van der Waals surface area (Å²) in [6.07, 6.45) is 3.81. The molecule has 6 heteroatoms. The van der Waals surface area contributed by atoms with Gasteiger partial charge >= 0.3 is 0 Å². The van der Waals surface area contributed by atoms with Gasteiger partial charge < -0.3 is 9.30 Å². The van der Waals surface area contributed by atoms with Crippen molar-refractivity contribution < 1.29 is 4.74 Å². The lowest BCUT2D eigenvalue weighted by atomic mass is 9.81. The van der Waals surface area contributed by atoms with Gasteiger partial charge in [-0.1, -0.05) is 6.92 Å². The highest BCUT2D eigenvalue weighted by Crippen LogP contribution is 2.41. The molecule has 102 valence electrons. The van der Waals surface area contributed by atoms with Gasteiger partial charge in [0.2, 0.25) is 5.88 Å². The van der Waals surface area contributed by atoms with Crippen molar-refractivity contribution >= 4 is 22.8 Å². The largest absolute Gasteiger partial charge is 0.479 e. The van der Waals surface area contributed by atoms with Gasteiger partial charge in [-0.25, -0.2) is 9.97 Å². The maximum atomic E-state index is 6.26. The summed E-state index contributed by atoms with van der Waals surface area (Å²) in [5.74, 6) is 2.12. The molecule has 0 N–H and O–H groups in total. The molecule has 2 aromatic rings. The van der Waals surface area contributed by atoms with Crippen LogP contribution in [0.2, 0.25) is 0 Å². The molecule has 0 bridgehead atoms. The van der Waals surface area contributed by atoms with Crippen LogP contribution < -0.4 is 4.74 Å². The van der Waals surface area contributed by atoms with E-state index < -0.39 is 0 Å². The molecule has 2 aromatic heterocycles. The number of ether oxygens (including phenoxy) is 1. The molecule has 0 spiro atoms. The fourth-order valence-corrected chi connectivity index (χ4v) is 2.92. The molecular weight excluding hydrogens is 264 g/mol. The molecule has 1 atom stereocenters. The van der Waals surface area contributed by atoms with E-state index in [1.165, 1.54) is 6.33 Å². The van der Waals surface area contributed by atoms with E-state index in [1.807, 2.05) is 6.92 Å². The average molecular weight is 281 g/mol. The molecule has 1 unspecified atom stereocenters. The summed E-state index contributed by atoms with van der Waals surface area (Å²) < 4.78 is 7.42. The van der Waals surface area contributed by atoms with Crippen LogP contribution in [0.4, 0.5) is 0 Å². The Balaban J connectivity index is 2.19. The van der Waals surface area contributed by atoms with Gasteiger partial charge in [-0.2, -0.15) is 4.98 Å². The highest BCUT2D eigenvalue weighted by molar-refractivity contribution is 6.20. The summed E-state index contributed by atoms with van der Waals surface area (Å²) in [7, 11) is 1.59. The number of halogens is 1. The fourth-order valence-electron chi connectivity index (χ4n) is 2.77. The summed E-state index contributed by atoms with van der Waals surface area (Å²) in [6.45, 7) is 4.19. The quantitative estimate of drug-likeness (QED) is 0.811. The molecule has 1 fully saturated rings. The third-order valence-corrected chi connectivity index (χ3v) is 3.93. The van der Waals surface area contributed by atoms with E-state index >= 15 is 0 Å². The first-order valence-corrected chi connectivity index (χ1v) is 6.96. The summed E-state index contributed by atoms with van der Waals surface area (Å²) in [5.41, 5.74) is 1.53. The van der Waals surface area contributed by atoms with Crippen molar-refractivity contribution in [1.29, 1.82) is 0 Å². The number of hydrogen-bond acceptors (Lipinski definition) is 4. The van der Waals surface area contributed by atoms with Crippen LogP contribution in [0.15, 0.2) is 6.33 Å². The van der Waals surface area contributed by atoms with Gasteiger partial charge in [0.25, 0.3) is 0 Å². The van der Waals surface area contributed by atoms with Crippen molar-refractivity contribution in [3.63, 3.8) is 0 Å². The van der Waals surface area contributed by atoms with Crippen LogP contribution in [0.5, 0.6) is 5.88 Å². The first kappa shape index (κ1) is 12.7. The maximum Gasteiger partial charge on any atom is 0.245 e. The standard InChI is InChI=1S/C13H17ClN4O/c1-7-4-9(5-7)18-11(8(2)14)17-10-12(18)15-6-16-13(10)19-3/h6-9H,4-5H2,1-3H3. The fraction of sp³-hybridized carbons (Fsp3) is 0.615. The van der Waals surface area contributed by atoms with Crippen LogP contribution >= 0.6 is 11.6 Å². The van der Waals surface area contributed by atoms with Crippen LogP contribution in [-0.2, 0) is 0 Å². The molecule has 0 saturated heterocycles. The third kappa shape index (κ3) is 1.96. The highest BCUT2D eigenvalue weighted by Gasteiger charge is 2.32. The molecule has 3 rings (SSSR count). The Morgan fingerprint density at radius 2 is 2.16 bits per heavy atom. The molecule has 0 amide bonds. The molecule has 1 aliphatic carbocycles. The second-order valence-corrected chi connectivity index (χ2v) is 5.90. The lowest BCUT2D eigenvalue weighted by molar-refractivity contribution is 0.215. The minimum absolute atomic E-state index is 0.158. The number of rotatable bonds is 3. The normalized spacial score (nSPS) is 24.2. The second kappa shape index (κ2) is 4.63. The lowest BCUT2D eigenvalue weighted by Crippen LogP contribution is -2.26. The molecule has 0 radical (unpaired) electrons. The smallest absolute Gasteiger partial charge is 0.245 e. The number of alkyl halides is 1. The Morgan fingerprint density at radius 1 is 1.42 bits per heavy atom. The summed E-state index contributed by atoms with van der Waals surface area (Å²) in [5, 5.41) is -0.158. The Labute approximate surface area is 117 Å². The Hall–Kier alpha value is -1.36. The number of hydrogen-bond donors (Lipinski definition) is 0. The highest BCUT2D eigenvalue weighted by atomic mass is 35.5. The minimum atomic E-state index is -0.158. The summed E-state index contributed by atoms with van der Waals surface area (Å²) in [6, 6.07) is 0.441. The zero-order valence-corrected chi connectivity index (χ0v) is 12.1. The van der Waals surface area contributed by atoms with Gasteiger partial charge in [0.05, 0.1) is 12.5 Å². The van der Waals surface area contributed by atoms with E-state index in [0.29, 0.717) is 17.4 Å². The van der Waals surface area contributed by atoms with E-state index in [4.69, 9.17) is 16.3 Å². The van der Waals surface area contributed by atoms with Gasteiger partial charge in [0, 0.05) is 6.04 Å². The monoisotopic (exact) mass is 280 g/mol. The van der Waals surface area contributed by atoms with Crippen LogP contribution in [0.3, 0.4) is 0 Å². The van der Waals surface area contributed by atoms with Crippen molar-refractivity contribution in [3.8, 4) is 5.88 Å². The van der Waals surface area contributed by atoms with Crippen molar-refractivity contribution in [2.45, 2.75) is 38.1 Å². The van der Waals surface area contributed by atoms with Crippen LogP contribution in [0, 0.1) is 5.92 Å². The van der Waals surface area contributed by atoms with Gasteiger partial charge in [-0.05, 0) is 25.7 Å². The summed E-state index contributed by atoms with van der Waals surface area (Å²) in [4.78, 5) is 13.1. The molecule has 0 aromatic carbocycles. The van der Waals surface area contributed by atoms with E-state index in [2.05, 4.69) is 26.4 Å². The van der Waals surface area contributed by atoms with Crippen molar-refractivity contribution in [1.82, 2.24) is 19.5 Å². The predicted octanol–water partition coefficient (Wildman–Crippen LogP) is 3.11. The first-order valence-electron chi connectivity index (χ1n) is 6.52. The van der Waals surface area contributed by atoms with Crippen molar-refractivity contribution in [2.75, 3.05) is 7.11 Å². The number of imidazole rings is 1. The maximum absolute atomic E-state index is 6.26. The summed E-state index contributed by atoms with van der Waals surface area (Å²) >= 11 is 6.26. The van der Waals surface area contributed by atoms with Gasteiger partial charge in [0.15, 0.2) is 11.2 Å². The number of nitrogens with zero attached hydrogens (tertiary/aromatic N) is 4. The zero-order chi connectivity index (χ0) is 13.6. The van der Waals surface area contributed by atoms with Gasteiger partial charge in [-0.15, -0.1) is 11.6 Å². The Kier molecular flexibility index (Phi) is 3.09. The molecule has 19 heavy (non-hydrogen) atoms. The Bertz CT molecular complexity index is 604. The molecule has 5 nitrogen and oxygen atoms in total. The second-order valence-electron chi connectivity index (χ2n) is 5.24. The Morgan fingerprint density at radius 3 is 2.74 bits per heavy atom. The number of aromatic nitrogens is 4. The van der Waals surface area contributed by atoms with E-state index in [0.717, 1.165) is 30.2 Å². The van der Waals surface area contributed by atoms with Gasteiger partial charge in [0.1, 0.15) is 12.2 Å². The van der Waals surface area contributed by atoms with E-state index in [1.54, 1.807) is 7.11 Å². The van der Waals surface area contributed by atoms with Crippen LogP contribution in [-0.4, -0.2) is 26.6 Å². The first-order chi connectivity index (χ1) is 9.11. The lowest BCUT2D eigenvalue weighted by Gasteiger charge is -2.35. The van der Waals surface area contributed by atoms with Crippen LogP contribution in [0.1, 0.15) is 43.9 Å². The van der Waals surface area contributed by atoms with Crippen molar-refractivity contribution in [3.05, 3.63) is 12.2 Å². The molecule has 2 heterocycles. The predicted molar refractivity (Wildman–Crippen MR) is 73.6 cm³/mol. The number of methoxy groups -OCH3 is 1. The van der Waals surface area contributed by atoms with Crippen molar-refractivity contribution in [2.24, 2.45) is 5.92 Å². The SMILES string of the molecule is COc1ncnc2c1nc(C(C)Cl)n2C1CC(C)C1. The number of fused-ring (bicyclic) bond motifs is 1. The zero-order valence-electron chi connectivity index (χ0n) is 11.3. The van der Waals surface area contributed by atoms with Crippen LogP contribution in [0.25, 0.3) is 11.2 Å². The average Bonchev–Trinajstić information content (AvgIpc) is 2.74.